The molecule has 20 heavy (non-hydrogen) atoms. The van der Waals surface area contributed by atoms with Crippen LogP contribution in [0.5, 0.6) is 0 Å². The van der Waals surface area contributed by atoms with Crippen LogP contribution in [0.4, 0.5) is 0 Å². The van der Waals surface area contributed by atoms with E-state index in [1.54, 1.807) is 5.57 Å². The largest absolute Gasteiger partial charge is 0.316 e. The summed E-state index contributed by atoms with van der Waals surface area (Å²) in [6.45, 7) is 4.40. The van der Waals surface area contributed by atoms with E-state index in [1.165, 1.54) is 22.3 Å². The van der Waals surface area contributed by atoms with Crippen molar-refractivity contribution in [3.63, 3.8) is 0 Å². The van der Waals surface area contributed by atoms with E-state index in [1.807, 2.05) is 0 Å². The summed E-state index contributed by atoms with van der Waals surface area (Å²) in [7, 11) is 0. The summed E-state index contributed by atoms with van der Waals surface area (Å²) in [4.78, 5) is 0. The van der Waals surface area contributed by atoms with E-state index in [-0.39, 0.29) is 0 Å². The molecule has 1 aliphatic heterocycles. The van der Waals surface area contributed by atoms with Crippen molar-refractivity contribution in [2.45, 2.75) is 19.8 Å². The van der Waals surface area contributed by atoms with Crippen molar-refractivity contribution in [3.05, 3.63) is 76.9 Å². The fourth-order valence-corrected chi connectivity index (χ4v) is 2.99. The second-order valence-corrected chi connectivity index (χ2v) is 5.41. The second kappa shape index (κ2) is 6.06. The van der Waals surface area contributed by atoms with Gasteiger partial charge in [-0.1, -0.05) is 60.2 Å². The van der Waals surface area contributed by atoms with Crippen LogP contribution in [0, 0.1) is 6.92 Å². The molecule has 3 rings (SSSR count). The molecule has 0 bridgehead atoms. The highest BCUT2D eigenvalue weighted by atomic mass is 14.9. The van der Waals surface area contributed by atoms with E-state index in [0.29, 0.717) is 0 Å². The standard InChI is InChI=1S/C19H21N/c1-15-7-5-6-10-18(15)19(16-8-3-2-4-9-16)17-11-13-20-14-12-17/h2-10,20H,11-14H2,1H3. The zero-order chi connectivity index (χ0) is 13.8. The van der Waals surface area contributed by atoms with Crippen LogP contribution in [-0.2, 0) is 0 Å². The average molecular weight is 263 g/mol. The summed E-state index contributed by atoms with van der Waals surface area (Å²) < 4.78 is 0. The number of benzene rings is 2. The van der Waals surface area contributed by atoms with E-state index in [0.717, 1.165) is 25.9 Å². The number of aryl methyl sites for hydroxylation is 1. The van der Waals surface area contributed by atoms with Gasteiger partial charge in [-0.2, -0.15) is 0 Å². The van der Waals surface area contributed by atoms with E-state index in [4.69, 9.17) is 0 Å². The van der Waals surface area contributed by atoms with Gasteiger partial charge >= 0.3 is 0 Å². The molecule has 0 radical (unpaired) electrons. The van der Waals surface area contributed by atoms with Crippen LogP contribution >= 0.6 is 0 Å². The lowest BCUT2D eigenvalue weighted by Gasteiger charge is -2.22. The minimum atomic E-state index is 1.09. The molecular weight excluding hydrogens is 242 g/mol. The predicted octanol–water partition coefficient (Wildman–Crippen LogP) is 4.18. The van der Waals surface area contributed by atoms with Crippen LogP contribution in [0.15, 0.2) is 60.2 Å². The maximum atomic E-state index is 3.45. The number of hydrogen-bond donors (Lipinski definition) is 1. The Labute approximate surface area is 121 Å². The Bertz CT molecular complexity index is 603. The Morgan fingerprint density at radius 2 is 1.50 bits per heavy atom. The fraction of sp³-hybridized carbons (Fsp3) is 0.263. The number of piperidine rings is 1. The van der Waals surface area contributed by atoms with Gasteiger partial charge in [0.05, 0.1) is 0 Å². The quantitative estimate of drug-likeness (QED) is 0.857. The third-order valence-corrected chi connectivity index (χ3v) is 4.04. The van der Waals surface area contributed by atoms with E-state index in [2.05, 4.69) is 66.8 Å². The number of rotatable bonds is 2. The summed E-state index contributed by atoms with van der Waals surface area (Å²) >= 11 is 0. The van der Waals surface area contributed by atoms with Crippen molar-refractivity contribution in [1.29, 1.82) is 0 Å². The highest BCUT2D eigenvalue weighted by molar-refractivity contribution is 5.83. The highest BCUT2D eigenvalue weighted by Crippen LogP contribution is 2.32. The zero-order valence-electron chi connectivity index (χ0n) is 12.0. The summed E-state index contributed by atoms with van der Waals surface area (Å²) in [5, 5.41) is 3.45. The van der Waals surface area contributed by atoms with E-state index < -0.39 is 0 Å². The van der Waals surface area contributed by atoms with Crippen LogP contribution in [0.3, 0.4) is 0 Å². The van der Waals surface area contributed by atoms with Crippen molar-refractivity contribution in [1.82, 2.24) is 5.32 Å². The molecule has 0 unspecified atom stereocenters. The topological polar surface area (TPSA) is 12.0 Å². The predicted molar refractivity (Wildman–Crippen MR) is 85.7 cm³/mol. The molecule has 0 atom stereocenters. The van der Waals surface area contributed by atoms with Gasteiger partial charge in [0.2, 0.25) is 0 Å². The van der Waals surface area contributed by atoms with Gasteiger partial charge in [-0.15, -0.1) is 0 Å². The van der Waals surface area contributed by atoms with Crippen LogP contribution in [0.1, 0.15) is 29.5 Å². The lowest BCUT2D eigenvalue weighted by atomic mass is 9.87. The first-order valence-electron chi connectivity index (χ1n) is 7.40. The maximum Gasteiger partial charge on any atom is -0.00111 e. The molecule has 1 saturated heterocycles. The lowest BCUT2D eigenvalue weighted by molar-refractivity contribution is 0.611. The smallest absolute Gasteiger partial charge is 0.00111 e. The summed E-state index contributed by atoms with van der Waals surface area (Å²) in [5.74, 6) is 0. The minimum Gasteiger partial charge on any atom is -0.316 e. The monoisotopic (exact) mass is 263 g/mol. The molecule has 0 amide bonds. The van der Waals surface area contributed by atoms with Crippen LogP contribution < -0.4 is 5.32 Å². The SMILES string of the molecule is Cc1ccccc1C(=C1CCNCC1)c1ccccc1. The van der Waals surface area contributed by atoms with E-state index >= 15 is 0 Å². The molecule has 1 heteroatoms. The second-order valence-electron chi connectivity index (χ2n) is 5.41. The van der Waals surface area contributed by atoms with Gasteiger partial charge in [0.25, 0.3) is 0 Å². The molecule has 0 saturated carbocycles. The van der Waals surface area contributed by atoms with Crippen LogP contribution in [0.25, 0.3) is 5.57 Å². The molecule has 1 nitrogen and oxygen atoms in total. The van der Waals surface area contributed by atoms with Crippen LogP contribution in [0.2, 0.25) is 0 Å². The Balaban J connectivity index is 2.16. The Morgan fingerprint density at radius 1 is 0.850 bits per heavy atom. The van der Waals surface area contributed by atoms with Gasteiger partial charge in [-0.3, -0.25) is 0 Å². The third-order valence-electron chi connectivity index (χ3n) is 4.04. The molecule has 2 aromatic carbocycles. The first kappa shape index (κ1) is 13.1. The Kier molecular flexibility index (Phi) is 3.98. The molecule has 0 spiro atoms. The van der Waals surface area contributed by atoms with Crippen molar-refractivity contribution in [3.8, 4) is 0 Å². The van der Waals surface area contributed by atoms with Crippen molar-refractivity contribution >= 4 is 5.57 Å². The maximum absolute atomic E-state index is 3.45. The molecule has 1 aliphatic rings. The number of hydrogen-bond acceptors (Lipinski definition) is 1. The van der Waals surface area contributed by atoms with Gasteiger partial charge in [0, 0.05) is 0 Å². The Morgan fingerprint density at radius 3 is 2.20 bits per heavy atom. The van der Waals surface area contributed by atoms with Crippen molar-refractivity contribution in [2.75, 3.05) is 13.1 Å². The van der Waals surface area contributed by atoms with Gasteiger partial charge in [-0.25, -0.2) is 0 Å². The molecule has 102 valence electrons. The Hall–Kier alpha value is -1.86. The molecule has 1 heterocycles. The molecular formula is C19H21N. The van der Waals surface area contributed by atoms with Gasteiger partial charge < -0.3 is 5.32 Å². The van der Waals surface area contributed by atoms with Crippen molar-refractivity contribution in [2.24, 2.45) is 0 Å². The zero-order valence-corrected chi connectivity index (χ0v) is 12.0. The third kappa shape index (κ3) is 2.68. The molecule has 1 fully saturated rings. The summed E-state index contributed by atoms with van der Waals surface area (Å²) in [6.07, 6.45) is 2.30. The van der Waals surface area contributed by atoms with E-state index in [9.17, 15) is 0 Å². The first-order valence-corrected chi connectivity index (χ1v) is 7.40. The molecule has 2 aromatic rings. The first-order chi connectivity index (χ1) is 9.86. The molecule has 0 aromatic heterocycles. The fourth-order valence-electron chi connectivity index (χ4n) is 2.99. The molecule has 1 N–H and O–H groups in total. The van der Waals surface area contributed by atoms with Crippen LogP contribution in [-0.4, -0.2) is 13.1 Å². The summed E-state index contributed by atoms with van der Waals surface area (Å²) in [6, 6.07) is 19.6. The number of nitrogens with one attached hydrogen (secondary N) is 1. The normalized spacial score (nSPS) is 15.2. The van der Waals surface area contributed by atoms with Gasteiger partial charge in [-0.05, 0) is 55.1 Å². The lowest BCUT2D eigenvalue weighted by Crippen LogP contribution is -2.24. The van der Waals surface area contributed by atoms with Gasteiger partial charge in [0.15, 0.2) is 0 Å². The molecule has 0 aliphatic carbocycles. The summed E-state index contributed by atoms with van der Waals surface area (Å²) in [5.41, 5.74) is 7.13. The minimum absolute atomic E-state index is 1.09. The highest BCUT2D eigenvalue weighted by Gasteiger charge is 2.15. The van der Waals surface area contributed by atoms with Gasteiger partial charge in [0.1, 0.15) is 0 Å². The average Bonchev–Trinajstić information content (AvgIpc) is 2.52. The van der Waals surface area contributed by atoms with Crippen molar-refractivity contribution < 1.29 is 0 Å².